The molecule has 1 unspecified atom stereocenters. The molecule has 0 radical (unpaired) electrons. The minimum Gasteiger partial charge on any atom is -0.465 e. The summed E-state index contributed by atoms with van der Waals surface area (Å²) in [4.78, 5) is 24.8. The first kappa shape index (κ1) is 17.1. The van der Waals surface area contributed by atoms with E-state index < -0.39 is 17.7 Å². The van der Waals surface area contributed by atoms with E-state index in [0.717, 1.165) is 6.20 Å². The molecule has 10 heteroatoms. The lowest BCUT2D eigenvalue weighted by Gasteiger charge is -2.31. The van der Waals surface area contributed by atoms with Crippen LogP contribution in [0.5, 0.6) is 0 Å². The van der Waals surface area contributed by atoms with Gasteiger partial charge in [-0.1, -0.05) is 0 Å². The van der Waals surface area contributed by atoms with Crippen molar-refractivity contribution in [2.24, 2.45) is 0 Å². The van der Waals surface area contributed by atoms with Gasteiger partial charge in [-0.15, -0.1) is 0 Å². The molecule has 27 heavy (non-hydrogen) atoms. The second-order valence-corrected chi connectivity index (χ2v) is 6.32. The Bertz CT molecular complexity index is 1010. The summed E-state index contributed by atoms with van der Waals surface area (Å²) in [5.74, 6) is -0.934. The number of aromatic nitrogens is 4. The van der Waals surface area contributed by atoms with Gasteiger partial charge in [-0.25, -0.2) is 28.5 Å². The third kappa shape index (κ3) is 3.37. The van der Waals surface area contributed by atoms with Crippen molar-refractivity contribution in [3.05, 3.63) is 42.4 Å². The first-order valence-electron chi connectivity index (χ1n) is 8.41. The number of rotatable bonds is 3. The molecule has 2 N–H and O–H groups in total. The van der Waals surface area contributed by atoms with Crippen LogP contribution in [0.1, 0.15) is 12.8 Å². The minimum atomic E-state index is -1.00. The highest BCUT2D eigenvalue weighted by molar-refractivity contribution is 5.65. The Hall–Kier alpha value is -3.30. The highest BCUT2D eigenvalue weighted by Crippen LogP contribution is 2.22. The highest BCUT2D eigenvalue weighted by Gasteiger charge is 2.24. The Balaban J connectivity index is 1.63. The average molecular weight is 374 g/mol. The Morgan fingerprint density at radius 1 is 1.26 bits per heavy atom. The zero-order valence-corrected chi connectivity index (χ0v) is 14.1. The first-order valence-corrected chi connectivity index (χ1v) is 8.41. The summed E-state index contributed by atoms with van der Waals surface area (Å²) < 4.78 is 29.2. The molecule has 1 fully saturated rings. The summed E-state index contributed by atoms with van der Waals surface area (Å²) in [5.41, 5.74) is 0.932. The number of imidazole rings is 1. The Labute approximate surface area is 152 Å². The lowest BCUT2D eigenvalue weighted by Crippen LogP contribution is -2.44. The van der Waals surface area contributed by atoms with Crippen molar-refractivity contribution >= 4 is 17.6 Å². The Morgan fingerprint density at radius 2 is 2.11 bits per heavy atom. The predicted octanol–water partition coefficient (Wildman–Crippen LogP) is 2.62. The summed E-state index contributed by atoms with van der Waals surface area (Å²) in [6, 6.07) is 2.55. The van der Waals surface area contributed by atoms with E-state index in [1.165, 1.54) is 33.8 Å². The van der Waals surface area contributed by atoms with Gasteiger partial charge < -0.3 is 15.3 Å². The van der Waals surface area contributed by atoms with Crippen LogP contribution in [0.15, 0.2) is 30.7 Å². The molecule has 3 aromatic rings. The van der Waals surface area contributed by atoms with Crippen LogP contribution in [0.4, 0.5) is 19.4 Å². The molecule has 1 atom stereocenters. The van der Waals surface area contributed by atoms with Gasteiger partial charge >= 0.3 is 6.09 Å². The van der Waals surface area contributed by atoms with Crippen LogP contribution in [0.25, 0.3) is 17.2 Å². The van der Waals surface area contributed by atoms with Crippen molar-refractivity contribution < 1.29 is 18.7 Å². The molecular weight excluding hydrogens is 358 g/mol. The molecule has 140 valence electrons. The van der Waals surface area contributed by atoms with Gasteiger partial charge in [0.1, 0.15) is 17.2 Å². The second kappa shape index (κ2) is 6.78. The summed E-state index contributed by atoms with van der Waals surface area (Å²) in [7, 11) is 0. The number of pyridine rings is 1. The number of hydrogen-bond donors (Lipinski definition) is 2. The zero-order chi connectivity index (χ0) is 19.0. The lowest BCUT2D eigenvalue weighted by atomic mass is 10.1. The number of amides is 1. The third-order valence-corrected chi connectivity index (χ3v) is 4.48. The van der Waals surface area contributed by atoms with E-state index in [2.05, 4.69) is 20.3 Å². The van der Waals surface area contributed by atoms with Gasteiger partial charge in [-0.3, -0.25) is 4.40 Å². The Morgan fingerprint density at radius 3 is 2.93 bits per heavy atom. The van der Waals surface area contributed by atoms with Crippen LogP contribution in [0, 0.1) is 11.6 Å². The van der Waals surface area contributed by atoms with Gasteiger partial charge in [-0.2, -0.15) is 0 Å². The largest absolute Gasteiger partial charge is 0.465 e. The SMILES string of the molecule is O=C(O)N1CCCC(Nc2nc(-c3cnc4ccc(F)cn34)ncc2F)C1. The van der Waals surface area contributed by atoms with Crippen molar-refractivity contribution in [2.75, 3.05) is 18.4 Å². The fraction of sp³-hybridized carbons (Fsp3) is 0.294. The number of piperidine rings is 1. The molecule has 0 aromatic carbocycles. The minimum absolute atomic E-state index is 0.0245. The predicted molar refractivity (Wildman–Crippen MR) is 92.4 cm³/mol. The van der Waals surface area contributed by atoms with Crippen LogP contribution in [0.2, 0.25) is 0 Å². The molecule has 1 aliphatic heterocycles. The van der Waals surface area contributed by atoms with Gasteiger partial charge in [0.25, 0.3) is 0 Å². The van der Waals surface area contributed by atoms with Crippen molar-refractivity contribution in [3.8, 4) is 11.5 Å². The fourth-order valence-electron chi connectivity index (χ4n) is 3.17. The van der Waals surface area contributed by atoms with Gasteiger partial charge in [0.05, 0.1) is 12.4 Å². The van der Waals surface area contributed by atoms with Crippen molar-refractivity contribution in [1.82, 2.24) is 24.3 Å². The number of carboxylic acid groups (broad SMARTS) is 1. The van der Waals surface area contributed by atoms with Crippen LogP contribution in [-0.2, 0) is 0 Å². The van der Waals surface area contributed by atoms with E-state index in [0.29, 0.717) is 30.7 Å². The monoisotopic (exact) mass is 374 g/mol. The normalized spacial score (nSPS) is 17.3. The number of nitrogens with zero attached hydrogens (tertiary/aromatic N) is 5. The smallest absolute Gasteiger partial charge is 0.407 e. The molecule has 0 bridgehead atoms. The number of anilines is 1. The standard InChI is InChI=1S/C17H16F2N6O2/c18-10-3-4-14-20-7-13(25(14)8-10)16-21-6-12(19)15(23-16)22-11-2-1-5-24(9-11)17(26)27/h3-4,6-8,11H,1-2,5,9H2,(H,26,27)(H,21,22,23). The molecule has 0 aliphatic carbocycles. The number of nitrogens with one attached hydrogen (secondary N) is 1. The van der Waals surface area contributed by atoms with Crippen molar-refractivity contribution in [1.29, 1.82) is 0 Å². The van der Waals surface area contributed by atoms with E-state index in [1.807, 2.05) is 0 Å². The van der Waals surface area contributed by atoms with Crippen LogP contribution < -0.4 is 5.32 Å². The van der Waals surface area contributed by atoms with Crippen molar-refractivity contribution in [3.63, 3.8) is 0 Å². The van der Waals surface area contributed by atoms with Crippen LogP contribution in [0.3, 0.4) is 0 Å². The summed E-state index contributed by atoms with van der Waals surface area (Å²) in [6.07, 6.45) is 4.14. The number of likely N-dealkylation sites (tertiary alicyclic amines) is 1. The number of fused-ring (bicyclic) bond motifs is 1. The molecule has 1 saturated heterocycles. The fourth-order valence-corrected chi connectivity index (χ4v) is 3.17. The van der Waals surface area contributed by atoms with E-state index in [4.69, 9.17) is 5.11 Å². The third-order valence-electron chi connectivity index (χ3n) is 4.48. The van der Waals surface area contributed by atoms with Gasteiger partial charge in [-0.05, 0) is 25.0 Å². The summed E-state index contributed by atoms with van der Waals surface area (Å²) in [5, 5.41) is 12.1. The van der Waals surface area contributed by atoms with Crippen molar-refractivity contribution in [2.45, 2.75) is 18.9 Å². The first-order chi connectivity index (χ1) is 13.0. The van der Waals surface area contributed by atoms with Crippen LogP contribution >= 0.6 is 0 Å². The maximum absolute atomic E-state index is 14.2. The number of carbonyl (C=O) groups is 1. The molecule has 8 nitrogen and oxygen atoms in total. The van der Waals surface area contributed by atoms with Gasteiger partial charge in [0.2, 0.25) is 0 Å². The number of halogens is 2. The van der Waals surface area contributed by atoms with E-state index >= 15 is 0 Å². The molecule has 1 amide bonds. The summed E-state index contributed by atoms with van der Waals surface area (Å²) >= 11 is 0. The second-order valence-electron chi connectivity index (χ2n) is 6.32. The molecule has 4 heterocycles. The van der Waals surface area contributed by atoms with E-state index in [9.17, 15) is 13.6 Å². The average Bonchev–Trinajstić information content (AvgIpc) is 3.07. The zero-order valence-electron chi connectivity index (χ0n) is 14.1. The Kier molecular flexibility index (Phi) is 4.30. The maximum Gasteiger partial charge on any atom is 0.407 e. The number of hydrogen-bond acceptors (Lipinski definition) is 5. The van der Waals surface area contributed by atoms with Gasteiger partial charge in [0, 0.05) is 25.3 Å². The molecule has 1 aliphatic rings. The van der Waals surface area contributed by atoms with E-state index in [1.54, 1.807) is 0 Å². The lowest BCUT2D eigenvalue weighted by molar-refractivity contribution is 0.132. The topological polar surface area (TPSA) is 95.7 Å². The molecule has 3 aromatic heterocycles. The van der Waals surface area contributed by atoms with Gasteiger partial charge in [0.15, 0.2) is 17.5 Å². The molecule has 0 saturated carbocycles. The highest BCUT2D eigenvalue weighted by atomic mass is 19.1. The summed E-state index contributed by atoms with van der Waals surface area (Å²) in [6.45, 7) is 0.702. The molecule has 4 rings (SSSR count). The maximum atomic E-state index is 14.2. The molecular formula is C17H16F2N6O2. The van der Waals surface area contributed by atoms with E-state index in [-0.39, 0.29) is 24.2 Å². The van der Waals surface area contributed by atoms with Crippen LogP contribution in [-0.4, -0.2) is 54.6 Å². The molecule has 0 spiro atoms. The quantitative estimate of drug-likeness (QED) is 0.732.